The van der Waals surface area contributed by atoms with Gasteiger partial charge >= 0.3 is 5.97 Å². The van der Waals surface area contributed by atoms with Crippen LogP contribution in [0.2, 0.25) is 0 Å². The number of carboxylic acids is 1. The van der Waals surface area contributed by atoms with Crippen LogP contribution in [0.25, 0.3) is 0 Å². The van der Waals surface area contributed by atoms with Crippen molar-refractivity contribution in [2.45, 2.75) is 44.9 Å². The smallest absolute Gasteiger partial charge is 0.310 e. The first-order chi connectivity index (χ1) is 7.73. The summed E-state index contributed by atoms with van der Waals surface area (Å²) >= 11 is 0. The number of carboxylic acid groups (broad SMARTS) is 1. The Morgan fingerprint density at radius 1 is 1.38 bits per heavy atom. The molecule has 16 heavy (non-hydrogen) atoms. The standard InChI is InChI=1S/C11H16N2O3/c14-10(15)11(5-3-1-2-4-6-11)7-9-12-8-13-16-9/h8H,1-7H2,(H,14,15). The lowest BCUT2D eigenvalue weighted by Crippen LogP contribution is -2.33. The molecule has 1 saturated carbocycles. The number of hydrogen-bond donors (Lipinski definition) is 1. The summed E-state index contributed by atoms with van der Waals surface area (Å²) in [6, 6.07) is 0. The quantitative estimate of drug-likeness (QED) is 0.795. The Labute approximate surface area is 93.9 Å². The van der Waals surface area contributed by atoms with E-state index in [-0.39, 0.29) is 0 Å². The minimum absolute atomic E-state index is 0.363. The Kier molecular flexibility index (Phi) is 3.22. The van der Waals surface area contributed by atoms with E-state index >= 15 is 0 Å². The molecule has 0 aliphatic heterocycles. The second kappa shape index (κ2) is 4.63. The summed E-state index contributed by atoms with van der Waals surface area (Å²) in [5.41, 5.74) is -0.691. The zero-order valence-corrected chi connectivity index (χ0v) is 9.19. The number of carbonyl (C=O) groups is 1. The minimum Gasteiger partial charge on any atom is -0.481 e. The number of rotatable bonds is 3. The summed E-state index contributed by atoms with van der Waals surface area (Å²) < 4.78 is 4.93. The number of hydrogen-bond acceptors (Lipinski definition) is 4. The molecular formula is C11H16N2O3. The molecule has 88 valence electrons. The molecule has 1 aromatic rings. The fourth-order valence-electron chi connectivity index (χ4n) is 2.43. The van der Waals surface area contributed by atoms with Crippen molar-refractivity contribution in [1.29, 1.82) is 0 Å². The van der Waals surface area contributed by atoms with Crippen LogP contribution < -0.4 is 0 Å². The third-order valence-electron chi connectivity index (χ3n) is 3.41. The third kappa shape index (κ3) is 2.23. The highest BCUT2D eigenvalue weighted by molar-refractivity contribution is 5.74. The van der Waals surface area contributed by atoms with Gasteiger partial charge in [0.1, 0.15) is 0 Å². The van der Waals surface area contributed by atoms with Crippen LogP contribution in [-0.4, -0.2) is 21.2 Å². The van der Waals surface area contributed by atoms with Crippen LogP contribution in [-0.2, 0) is 11.2 Å². The Morgan fingerprint density at radius 3 is 2.56 bits per heavy atom. The SMILES string of the molecule is O=C(O)C1(Cc2ncno2)CCCCCC1. The maximum Gasteiger partial charge on any atom is 0.310 e. The Bertz CT molecular complexity index is 340. The maximum atomic E-state index is 11.5. The minimum atomic E-state index is -0.729. The first-order valence-corrected chi connectivity index (χ1v) is 5.72. The molecule has 1 aromatic heterocycles. The van der Waals surface area contributed by atoms with Crippen LogP contribution in [0.4, 0.5) is 0 Å². The maximum absolute atomic E-state index is 11.5. The van der Waals surface area contributed by atoms with Gasteiger partial charge in [-0.15, -0.1) is 0 Å². The summed E-state index contributed by atoms with van der Waals surface area (Å²) in [5.74, 6) is -0.295. The van der Waals surface area contributed by atoms with Gasteiger partial charge in [0.25, 0.3) is 0 Å². The highest BCUT2D eigenvalue weighted by Gasteiger charge is 2.40. The molecule has 0 unspecified atom stereocenters. The molecule has 1 N–H and O–H groups in total. The van der Waals surface area contributed by atoms with Crippen molar-refractivity contribution in [1.82, 2.24) is 10.1 Å². The van der Waals surface area contributed by atoms with Crippen LogP contribution in [0.5, 0.6) is 0 Å². The second-order valence-electron chi connectivity index (χ2n) is 4.51. The fourth-order valence-corrected chi connectivity index (χ4v) is 2.43. The molecule has 0 saturated heterocycles. The summed E-state index contributed by atoms with van der Waals surface area (Å²) in [4.78, 5) is 15.4. The van der Waals surface area contributed by atoms with E-state index in [9.17, 15) is 9.90 Å². The topological polar surface area (TPSA) is 76.2 Å². The van der Waals surface area contributed by atoms with Crippen molar-refractivity contribution in [2.75, 3.05) is 0 Å². The van der Waals surface area contributed by atoms with E-state index in [2.05, 4.69) is 10.1 Å². The van der Waals surface area contributed by atoms with E-state index in [0.29, 0.717) is 25.2 Å². The number of nitrogens with zero attached hydrogens (tertiary/aromatic N) is 2. The van der Waals surface area contributed by atoms with Crippen LogP contribution in [0, 0.1) is 5.41 Å². The first kappa shape index (κ1) is 11.1. The van der Waals surface area contributed by atoms with Crippen molar-refractivity contribution in [3.63, 3.8) is 0 Å². The number of aromatic nitrogens is 2. The van der Waals surface area contributed by atoms with Crippen LogP contribution in [0.3, 0.4) is 0 Å². The normalized spacial score (nSPS) is 20.2. The van der Waals surface area contributed by atoms with Crippen molar-refractivity contribution in [2.24, 2.45) is 5.41 Å². The van der Waals surface area contributed by atoms with Crippen LogP contribution >= 0.6 is 0 Å². The largest absolute Gasteiger partial charge is 0.481 e. The van der Waals surface area contributed by atoms with Gasteiger partial charge < -0.3 is 9.63 Å². The average molecular weight is 224 g/mol. The zero-order chi connectivity index (χ0) is 11.4. The molecule has 5 heteroatoms. The van der Waals surface area contributed by atoms with Crippen molar-refractivity contribution in [3.05, 3.63) is 12.2 Å². The van der Waals surface area contributed by atoms with E-state index in [1.54, 1.807) is 0 Å². The van der Waals surface area contributed by atoms with Gasteiger partial charge in [0.2, 0.25) is 5.89 Å². The predicted molar refractivity (Wildman–Crippen MR) is 55.8 cm³/mol. The van der Waals surface area contributed by atoms with Crippen LogP contribution in [0.1, 0.15) is 44.4 Å². The van der Waals surface area contributed by atoms with Gasteiger partial charge in [-0.2, -0.15) is 4.98 Å². The molecule has 0 aromatic carbocycles. The molecule has 0 atom stereocenters. The monoisotopic (exact) mass is 224 g/mol. The average Bonchev–Trinajstić information content (AvgIpc) is 2.62. The van der Waals surface area contributed by atoms with E-state index in [4.69, 9.17) is 4.52 Å². The molecule has 1 heterocycles. The third-order valence-corrected chi connectivity index (χ3v) is 3.41. The molecule has 5 nitrogen and oxygen atoms in total. The van der Waals surface area contributed by atoms with Gasteiger partial charge in [-0.05, 0) is 12.8 Å². The summed E-state index contributed by atoms with van der Waals surface area (Å²) in [6.45, 7) is 0. The molecule has 1 aliphatic rings. The summed E-state index contributed by atoms with van der Waals surface area (Å²) in [6.07, 6.45) is 7.30. The van der Waals surface area contributed by atoms with Gasteiger partial charge in [0, 0.05) is 6.42 Å². The zero-order valence-electron chi connectivity index (χ0n) is 9.19. The lowest BCUT2D eigenvalue weighted by atomic mass is 9.77. The van der Waals surface area contributed by atoms with E-state index in [1.807, 2.05) is 0 Å². The van der Waals surface area contributed by atoms with E-state index < -0.39 is 11.4 Å². The van der Waals surface area contributed by atoms with Crippen molar-refractivity contribution in [3.8, 4) is 0 Å². The predicted octanol–water partition coefficient (Wildman–Crippen LogP) is 2.04. The second-order valence-corrected chi connectivity index (χ2v) is 4.51. The highest BCUT2D eigenvalue weighted by atomic mass is 16.5. The van der Waals surface area contributed by atoms with Crippen molar-refractivity contribution >= 4 is 5.97 Å². The van der Waals surface area contributed by atoms with E-state index in [0.717, 1.165) is 25.7 Å². The highest BCUT2D eigenvalue weighted by Crippen LogP contribution is 2.38. The van der Waals surface area contributed by atoms with Gasteiger partial charge in [-0.25, -0.2) is 0 Å². The summed E-state index contributed by atoms with van der Waals surface area (Å²) in [5, 5.41) is 12.9. The van der Waals surface area contributed by atoms with Gasteiger partial charge in [0.05, 0.1) is 5.41 Å². The molecule has 1 aliphatic carbocycles. The number of aliphatic carboxylic acids is 1. The van der Waals surface area contributed by atoms with Gasteiger partial charge in [0.15, 0.2) is 6.33 Å². The Balaban J connectivity index is 2.17. The van der Waals surface area contributed by atoms with E-state index in [1.165, 1.54) is 6.33 Å². The molecule has 1 fully saturated rings. The lowest BCUT2D eigenvalue weighted by molar-refractivity contribution is -0.150. The molecule has 0 bridgehead atoms. The Hall–Kier alpha value is -1.39. The lowest BCUT2D eigenvalue weighted by Gasteiger charge is -2.26. The molecule has 0 spiro atoms. The van der Waals surface area contributed by atoms with Crippen LogP contribution in [0.15, 0.2) is 10.9 Å². The Morgan fingerprint density at radius 2 is 2.06 bits per heavy atom. The molecule has 0 radical (unpaired) electrons. The van der Waals surface area contributed by atoms with Gasteiger partial charge in [-0.1, -0.05) is 30.8 Å². The summed E-state index contributed by atoms with van der Waals surface area (Å²) in [7, 11) is 0. The molecule has 0 amide bonds. The first-order valence-electron chi connectivity index (χ1n) is 5.72. The van der Waals surface area contributed by atoms with Gasteiger partial charge in [-0.3, -0.25) is 4.79 Å². The molecule has 2 rings (SSSR count). The molecular weight excluding hydrogens is 208 g/mol. The fraction of sp³-hybridized carbons (Fsp3) is 0.727. The van der Waals surface area contributed by atoms with Crippen molar-refractivity contribution < 1.29 is 14.4 Å².